The number of anilines is 2. The Hall–Kier alpha value is -1.09. The molecule has 100 valence electrons. The number of nitrogen functional groups attached to an aromatic ring is 2. The molecule has 0 spiro atoms. The maximum absolute atomic E-state index is 6.24. The van der Waals surface area contributed by atoms with Crippen molar-refractivity contribution in [3.63, 3.8) is 0 Å². The fraction of sp³-hybridized carbons (Fsp3) is 0.143. The van der Waals surface area contributed by atoms with E-state index in [4.69, 9.17) is 46.3 Å². The Balaban J connectivity index is 2.71. The summed E-state index contributed by atoms with van der Waals surface area (Å²) in [4.78, 5) is 0. The molecular formula is C14H13Cl3N2. The lowest BCUT2D eigenvalue weighted by Gasteiger charge is -2.13. The molecule has 0 aromatic heterocycles. The molecule has 0 aliphatic carbocycles. The molecule has 0 fully saturated rings. The predicted molar refractivity (Wildman–Crippen MR) is 85.1 cm³/mol. The zero-order valence-electron chi connectivity index (χ0n) is 10.3. The van der Waals surface area contributed by atoms with Gasteiger partial charge in [-0.05, 0) is 41.8 Å². The van der Waals surface area contributed by atoms with Crippen LogP contribution < -0.4 is 11.5 Å². The first-order valence-corrected chi connectivity index (χ1v) is 6.90. The van der Waals surface area contributed by atoms with Crippen molar-refractivity contribution in [1.29, 1.82) is 0 Å². The molecular weight excluding hydrogens is 303 g/mol. The Bertz CT molecular complexity index is 639. The van der Waals surface area contributed by atoms with Crippen LogP contribution in [0.2, 0.25) is 15.1 Å². The molecule has 5 heteroatoms. The average molecular weight is 316 g/mol. The number of benzene rings is 2. The van der Waals surface area contributed by atoms with Crippen molar-refractivity contribution in [3.05, 3.63) is 44.9 Å². The molecule has 19 heavy (non-hydrogen) atoms. The summed E-state index contributed by atoms with van der Waals surface area (Å²) in [6, 6.07) is 7.06. The third-order valence-electron chi connectivity index (χ3n) is 2.98. The summed E-state index contributed by atoms with van der Waals surface area (Å²) in [6.07, 6.45) is 0.815. The number of nitrogens with two attached hydrogens (primary N) is 2. The van der Waals surface area contributed by atoms with E-state index in [0.717, 1.165) is 23.1 Å². The second kappa shape index (κ2) is 5.49. The van der Waals surface area contributed by atoms with Gasteiger partial charge in [0.1, 0.15) is 0 Å². The van der Waals surface area contributed by atoms with E-state index in [9.17, 15) is 0 Å². The van der Waals surface area contributed by atoms with E-state index in [2.05, 4.69) is 0 Å². The number of halogens is 3. The van der Waals surface area contributed by atoms with Crippen LogP contribution in [0.1, 0.15) is 12.5 Å². The molecule has 0 radical (unpaired) electrons. The Kier molecular flexibility index (Phi) is 4.14. The Morgan fingerprint density at radius 3 is 1.89 bits per heavy atom. The van der Waals surface area contributed by atoms with Gasteiger partial charge in [-0.25, -0.2) is 0 Å². The lowest BCUT2D eigenvalue weighted by Crippen LogP contribution is -1.95. The van der Waals surface area contributed by atoms with E-state index < -0.39 is 0 Å². The van der Waals surface area contributed by atoms with Crippen LogP contribution in [0.25, 0.3) is 11.1 Å². The van der Waals surface area contributed by atoms with Crippen LogP contribution >= 0.6 is 34.8 Å². The molecule has 0 unspecified atom stereocenters. The van der Waals surface area contributed by atoms with E-state index in [-0.39, 0.29) is 0 Å². The van der Waals surface area contributed by atoms with E-state index >= 15 is 0 Å². The van der Waals surface area contributed by atoms with Crippen molar-refractivity contribution in [2.24, 2.45) is 0 Å². The number of hydrogen-bond donors (Lipinski definition) is 2. The van der Waals surface area contributed by atoms with Gasteiger partial charge in [0.2, 0.25) is 0 Å². The van der Waals surface area contributed by atoms with Crippen molar-refractivity contribution < 1.29 is 0 Å². The first-order chi connectivity index (χ1) is 8.93. The van der Waals surface area contributed by atoms with E-state index in [1.165, 1.54) is 0 Å². The molecule has 2 rings (SSSR count). The summed E-state index contributed by atoms with van der Waals surface area (Å²) in [5.74, 6) is 0. The fourth-order valence-electron chi connectivity index (χ4n) is 1.95. The predicted octanol–water partition coefficient (Wildman–Crippen LogP) is 5.04. The molecule has 0 saturated heterocycles. The van der Waals surface area contributed by atoms with Crippen molar-refractivity contribution in [3.8, 4) is 11.1 Å². The lowest BCUT2D eigenvalue weighted by atomic mass is 9.97. The molecule has 2 aromatic carbocycles. The largest absolute Gasteiger partial charge is 0.398 e. The van der Waals surface area contributed by atoms with Crippen LogP contribution in [-0.2, 0) is 6.42 Å². The molecule has 0 aliphatic rings. The quantitative estimate of drug-likeness (QED) is 0.763. The van der Waals surface area contributed by atoms with Gasteiger partial charge in [-0.3, -0.25) is 0 Å². The minimum absolute atomic E-state index is 0.454. The molecule has 2 aromatic rings. The molecule has 0 aliphatic heterocycles. The number of rotatable bonds is 2. The van der Waals surface area contributed by atoms with Crippen LogP contribution in [0, 0.1) is 0 Å². The van der Waals surface area contributed by atoms with Gasteiger partial charge >= 0.3 is 0 Å². The molecule has 2 nitrogen and oxygen atoms in total. The molecule has 0 amide bonds. The lowest BCUT2D eigenvalue weighted by molar-refractivity contribution is 1.14. The minimum atomic E-state index is 0.454. The van der Waals surface area contributed by atoms with Crippen LogP contribution in [0.15, 0.2) is 24.3 Å². The van der Waals surface area contributed by atoms with E-state index in [1.807, 2.05) is 19.1 Å². The second-order valence-electron chi connectivity index (χ2n) is 4.24. The maximum Gasteiger partial charge on any atom is 0.0642 e. The van der Waals surface area contributed by atoms with Crippen molar-refractivity contribution >= 4 is 46.2 Å². The van der Waals surface area contributed by atoms with Crippen molar-refractivity contribution in [2.45, 2.75) is 13.3 Å². The van der Waals surface area contributed by atoms with Gasteiger partial charge in [0, 0.05) is 5.56 Å². The summed E-state index contributed by atoms with van der Waals surface area (Å²) in [6.45, 7) is 2.04. The zero-order chi connectivity index (χ0) is 14.2. The highest BCUT2D eigenvalue weighted by atomic mass is 35.5. The highest BCUT2D eigenvalue weighted by molar-refractivity contribution is 6.37. The van der Waals surface area contributed by atoms with Crippen LogP contribution in [-0.4, -0.2) is 0 Å². The maximum atomic E-state index is 6.24. The summed E-state index contributed by atoms with van der Waals surface area (Å²) in [5.41, 5.74) is 15.4. The third-order valence-corrected chi connectivity index (χ3v) is 3.95. The zero-order valence-corrected chi connectivity index (χ0v) is 12.6. The Labute approximate surface area is 127 Å². The topological polar surface area (TPSA) is 52.0 Å². The van der Waals surface area contributed by atoms with Crippen LogP contribution in [0.5, 0.6) is 0 Å². The van der Waals surface area contributed by atoms with Gasteiger partial charge in [-0.15, -0.1) is 0 Å². The van der Waals surface area contributed by atoms with E-state index in [0.29, 0.717) is 26.4 Å². The molecule has 0 saturated carbocycles. The summed E-state index contributed by atoms with van der Waals surface area (Å²) >= 11 is 18.4. The molecule has 4 N–H and O–H groups in total. The Morgan fingerprint density at radius 1 is 0.789 bits per heavy atom. The van der Waals surface area contributed by atoms with Gasteiger partial charge in [-0.2, -0.15) is 0 Å². The molecule has 0 atom stereocenters. The smallest absolute Gasteiger partial charge is 0.0642 e. The highest BCUT2D eigenvalue weighted by Gasteiger charge is 2.13. The third kappa shape index (κ3) is 2.76. The van der Waals surface area contributed by atoms with Crippen molar-refractivity contribution in [2.75, 3.05) is 11.5 Å². The molecule has 0 bridgehead atoms. The first kappa shape index (κ1) is 14.3. The normalized spacial score (nSPS) is 10.7. The highest BCUT2D eigenvalue weighted by Crippen LogP contribution is 2.38. The van der Waals surface area contributed by atoms with Gasteiger partial charge < -0.3 is 11.5 Å². The van der Waals surface area contributed by atoms with Gasteiger partial charge in [0.05, 0.1) is 26.4 Å². The summed E-state index contributed by atoms with van der Waals surface area (Å²) in [7, 11) is 0. The number of aryl methyl sites for hydroxylation is 1. The SMILES string of the molecule is CCc1cc(N)c(Cl)cc1-c1cc(Cl)c(N)cc1Cl. The summed E-state index contributed by atoms with van der Waals surface area (Å²) in [5, 5.41) is 1.50. The fourth-order valence-corrected chi connectivity index (χ4v) is 2.55. The minimum Gasteiger partial charge on any atom is -0.398 e. The number of hydrogen-bond acceptors (Lipinski definition) is 2. The van der Waals surface area contributed by atoms with Crippen molar-refractivity contribution in [1.82, 2.24) is 0 Å². The summed E-state index contributed by atoms with van der Waals surface area (Å²) < 4.78 is 0. The van der Waals surface area contributed by atoms with Gasteiger partial charge in [0.25, 0.3) is 0 Å². The van der Waals surface area contributed by atoms with E-state index in [1.54, 1.807) is 12.1 Å². The van der Waals surface area contributed by atoms with Gasteiger partial charge in [0.15, 0.2) is 0 Å². The molecule has 0 heterocycles. The first-order valence-electron chi connectivity index (χ1n) is 5.76. The Morgan fingerprint density at radius 2 is 1.32 bits per heavy atom. The van der Waals surface area contributed by atoms with Gasteiger partial charge in [-0.1, -0.05) is 41.7 Å². The second-order valence-corrected chi connectivity index (χ2v) is 5.46. The standard InChI is InChI=1S/C14H13Cl3N2/c1-2-7-3-13(18)11(16)4-8(7)9-5-12(17)14(19)6-10(9)15/h3-6H,2,18-19H2,1H3. The average Bonchev–Trinajstić information content (AvgIpc) is 2.36. The van der Waals surface area contributed by atoms with Crippen LogP contribution in [0.4, 0.5) is 11.4 Å². The van der Waals surface area contributed by atoms with Crippen LogP contribution in [0.3, 0.4) is 0 Å². The monoisotopic (exact) mass is 314 g/mol.